The highest BCUT2D eigenvalue weighted by Gasteiger charge is 2.46. The lowest BCUT2D eigenvalue weighted by molar-refractivity contribution is -0.240. The van der Waals surface area contributed by atoms with Crippen LogP contribution in [-0.2, 0) is 17.3 Å². The zero-order chi connectivity index (χ0) is 20.9. The van der Waals surface area contributed by atoms with E-state index in [0.29, 0.717) is 0 Å². The maximum Gasteiger partial charge on any atom is 0.419 e. The van der Waals surface area contributed by atoms with Crippen molar-refractivity contribution in [1.82, 2.24) is 0 Å². The van der Waals surface area contributed by atoms with Gasteiger partial charge in [-0.3, -0.25) is 0 Å². The Kier molecular flexibility index (Phi) is 7.20. The number of halogens is 6. The van der Waals surface area contributed by atoms with Gasteiger partial charge in [-0.15, -0.1) is 6.58 Å². The fourth-order valence-corrected chi connectivity index (χ4v) is 3.05. The number of allylic oxidation sites excluding steroid dienone is 2. The second kappa shape index (κ2) is 9.03. The second-order valence-corrected chi connectivity index (χ2v) is 6.56. The summed E-state index contributed by atoms with van der Waals surface area (Å²) >= 11 is 0. The van der Waals surface area contributed by atoms with Crippen LogP contribution in [0.25, 0.3) is 0 Å². The van der Waals surface area contributed by atoms with E-state index in [1.54, 1.807) is 19.1 Å². The number of aryl methyl sites for hydroxylation is 1. The molecule has 0 spiro atoms. The molecule has 2 unspecified atom stereocenters. The minimum Gasteiger partial charge on any atom is -0.429 e. The van der Waals surface area contributed by atoms with Crippen LogP contribution in [0.1, 0.15) is 37.3 Å². The first-order valence-electron chi connectivity index (χ1n) is 8.90. The molecule has 1 aliphatic rings. The second-order valence-electron chi connectivity index (χ2n) is 6.56. The minimum atomic E-state index is -5.03. The first-order valence-corrected chi connectivity index (χ1v) is 8.90. The zero-order valence-electron chi connectivity index (χ0n) is 15.4. The summed E-state index contributed by atoms with van der Waals surface area (Å²) in [5.74, 6) is -4.35. The lowest BCUT2D eigenvalue weighted by Crippen LogP contribution is -2.41. The van der Waals surface area contributed by atoms with Crippen LogP contribution in [0, 0.1) is 11.7 Å². The van der Waals surface area contributed by atoms with E-state index in [4.69, 9.17) is 4.74 Å². The van der Waals surface area contributed by atoms with Crippen molar-refractivity contribution in [2.75, 3.05) is 6.61 Å². The molecule has 1 fully saturated rings. The van der Waals surface area contributed by atoms with Crippen molar-refractivity contribution < 1.29 is 35.8 Å². The molecule has 2 atom stereocenters. The molecule has 8 heteroatoms. The van der Waals surface area contributed by atoms with E-state index in [9.17, 15) is 26.3 Å². The molecule has 1 saturated heterocycles. The van der Waals surface area contributed by atoms with Gasteiger partial charge in [-0.2, -0.15) is 22.0 Å². The summed E-state index contributed by atoms with van der Waals surface area (Å²) < 4.78 is 92.9. The third-order valence-electron chi connectivity index (χ3n) is 4.59. The van der Waals surface area contributed by atoms with E-state index in [-0.39, 0.29) is 44.0 Å². The van der Waals surface area contributed by atoms with E-state index >= 15 is 0 Å². The number of ether oxygens (including phenoxy) is 2. The summed E-state index contributed by atoms with van der Waals surface area (Å²) in [6.07, 6.45) is -4.02. The van der Waals surface area contributed by atoms with Crippen molar-refractivity contribution >= 4 is 0 Å². The fraction of sp³-hybridized carbons (Fsp3) is 0.500. The average Bonchev–Trinajstić information content (AvgIpc) is 2.63. The van der Waals surface area contributed by atoms with Crippen molar-refractivity contribution in [1.29, 1.82) is 0 Å². The number of hydrogen-bond acceptors (Lipinski definition) is 2. The lowest BCUT2D eigenvalue weighted by Gasteiger charge is -2.32. The molecule has 1 heterocycles. The molecule has 156 valence electrons. The first kappa shape index (κ1) is 22.3. The minimum absolute atomic E-state index is 0.0128. The van der Waals surface area contributed by atoms with Crippen LogP contribution in [0.3, 0.4) is 0 Å². The molecular formula is C20H22F6O2. The van der Waals surface area contributed by atoms with Gasteiger partial charge in [-0.1, -0.05) is 24.3 Å². The summed E-state index contributed by atoms with van der Waals surface area (Å²) in [5.41, 5.74) is -1.88. The first-order chi connectivity index (χ1) is 13.1. The van der Waals surface area contributed by atoms with Crippen molar-refractivity contribution in [2.24, 2.45) is 5.92 Å². The van der Waals surface area contributed by atoms with Crippen molar-refractivity contribution in [3.8, 4) is 5.75 Å². The summed E-state index contributed by atoms with van der Waals surface area (Å²) in [6, 6.07) is 1.80. The lowest BCUT2D eigenvalue weighted by atomic mass is 9.97. The van der Waals surface area contributed by atoms with Gasteiger partial charge in [0.15, 0.2) is 11.6 Å². The molecule has 0 amide bonds. The Hall–Kier alpha value is -1.96. The Labute approximate surface area is 159 Å². The van der Waals surface area contributed by atoms with Gasteiger partial charge in [0.1, 0.15) is 0 Å². The number of rotatable bonds is 7. The molecule has 0 aromatic heterocycles. The Morgan fingerprint density at radius 2 is 1.93 bits per heavy atom. The third kappa shape index (κ3) is 5.31. The maximum atomic E-state index is 14.5. The van der Waals surface area contributed by atoms with Crippen LogP contribution < -0.4 is 4.74 Å². The van der Waals surface area contributed by atoms with Crippen molar-refractivity contribution in [2.45, 2.75) is 51.0 Å². The molecule has 1 aromatic rings. The van der Waals surface area contributed by atoms with Gasteiger partial charge in [0.25, 0.3) is 0 Å². The van der Waals surface area contributed by atoms with Gasteiger partial charge in [0, 0.05) is 0 Å². The predicted octanol–water partition coefficient (Wildman–Crippen LogP) is 6.31. The van der Waals surface area contributed by atoms with Crippen molar-refractivity contribution in [3.05, 3.63) is 53.9 Å². The monoisotopic (exact) mass is 408 g/mol. The summed E-state index contributed by atoms with van der Waals surface area (Å²) in [7, 11) is 0. The van der Waals surface area contributed by atoms with E-state index in [0.717, 1.165) is 12.1 Å². The zero-order valence-corrected chi connectivity index (χ0v) is 15.4. The standard InChI is InChI=1S/C20H22F6O2/c1-3-5-6-7-13-8-11-16(18(21)17(13)19(22,23)24)28-20(25,26)14-9-10-15(4-2)27-12-14/h3-5,8,11,14-15H,2,6-7,9-10,12H2,1H3/b5-3+. The maximum absolute atomic E-state index is 14.5. The highest BCUT2D eigenvalue weighted by atomic mass is 19.4. The van der Waals surface area contributed by atoms with Gasteiger partial charge in [0.05, 0.1) is 24.2 Å². The fourth-order valence-electron chi connectivity index (χ4n) is 3.05. The molecule has 2 rings (SSSR count). The highest BCUT2D eigenvalue weighted by Crippen LogP contribution is 2.41. The molecule has 0 saturated carbocycles. The molecule has 0 radical (unpaired) electrons. The molecule has 2 nitrogen and oxygen atoms in total. The third-order valence-corrected chi connectivity index (χ3v) is 4.59. The van der Waals surface area contributed by atoms with Crippen LogP contribution in [-0.4, -0.2) is 18.8 Å². The Morgan fingerprint density at radius 3 is 2.46 bits per heavy atom. The molecular weight excluding hydrogens is 386 g/mol. The average molecular weight is 408 g/mol. The molecule has 0 bridgehead atoms. The summed E-state index contributed by atoms with van der Waals surface area (Å²) in [4.78, 5) is 0. The Bertz CT molecular complexity index is 703. The quantitative estimate of drug-likeness (QED) is 0.389. The van der Waals surface area contributed by atoms with Gasteiger partial charge in [-0.05, 0) is 44.2 Å². The van der Waals surface area contributed by atoms with E-state index in [1.807, 2.05) is 0 Å². The summed E-state index contributed by atoms with van der Waals surface area (Å²) in [5, 5.41) is 0. The molecule has 0 N–H and O–H groups in total. The number of benzene rings is 1. The van der Waals surface area contributed by atoms with Crippen molar-refractivity contribution in [3.63, 3.8) is 0 Å². The largest absolute Gasteiger partial charge is 0.429 e. The molecule has 1 aromatic carbocycles. The van der Waals surface area contributed by atoms with Crippen LogP contribution >= 0.6 is 0 Å². The van der Waals surface area contributed by atoms with Gasteiger partial charge in [-0.25, -0.2) is 4.39 Å². The molecule has 1 aliphatic heterocycles. The molecule has 28 heavy (non-hydrogen) atoms. The van der Waals surface area contributed by atoms with Gasteiger partial charge < -0.3 is 9.47 Å². The van der Waals surface area contributed by atoms with Crippen LogP contribution in [0.5, 0.6) is 5.75 Å². The topological polar surface area (TPSA) is 18.5 Å². The summed E-state index contributed by atoms with van der Waals surface area (Å²) in [6.45, 7) is 4.86. The van der Waals surface area contributed by atoms with Crippen LogP contribution in [0.4, 0.5) is 26.3 Å². The SMILES string of the molecule is C=CC1CCC(C(F)(F)Oc2ccc(CC/C=C/C)c(C(F)(F)F)c2F)CO1. The van der Waals surface area contributed by atoms with Crippen LogP contribution in [0.15, 0.2) is 36.9 Å². The molecule has 0 aliphatic carbocycles. The highest BCUT2D eigenvalue weighted by molar-refractivity contribution is 5.40. The van der Waals surface area contributed by atoms with Gasteiger partial charge in [0.2, 0.25) is 0 Å². The number of hydrogen-bond donors (Lipinski definition) is 0. The smallest absolute Gasteiger partial charge is 0.419 e. The predicted molar refractivity (Wildman–Crippen MR) is 92.8 cm³/mol. The Balaban J connectivity index is 2.26. The van der Waals surface area contributed by atoms with E-state index < -0.39 is 35.3 Å². The van der Waals surface area contributed by atoms with Crippen LogP contribution in [0.2, 0.25) is 0 Å². The Morgan fingerprint density at radius 1 is 1.21 bits per heavy atom. The number of alkyl halides is 5. The van der Waals surface area contributed by atoms with E-state index in [1.165, 1.54) is 6.08 Å². The van der Waals surface area contributed by atoms with Gasteiger partial charge >= 0.3 is 12.3 Å². The normalized spacial score (nSPS) is 21.1. The van der Waals surface area contributed by atoms with E-state index in [2.05, 4.69) is 11.3 Å².